The summed E-state index contributed by atoms with van der Waals surface area (Å²) in [6, 6.07) is 10.5. The number of carbonyl (C=O) groups is 3. The summed E-state index contributed by atoms with van der Waals surface area (Å²) in [5.74, 6) is -1.16. The Kier molecular flexibility index (Phi) is 7.92. The lowest BCUT2D eigenvalue weighted by Gasteiger charge is -2.30. The van der Waals surface area contributed by atoms with E-state index in [2.05, 4.69) is 0 Å². The van der Waals surface area contributed by atoms with Gasteiger partial charge < -0.3 is 19.1 Å². The van der Waals surface area contributed by atoms with Crippen LogP contribution in [0.4, 0.5) is 11.4 Å². The van der Waals surface area contributed by atoms with Gasteiger partial charge in [0.2, 0.25) is 5.91 Å². The minimum absolute atomic E-state index is 0.0000719. The molecule has 0 N–H and O–H groups in total. The summed E-state index contributed by atoms with van der Waals surface area (Å²) in [7, 11) is 2.75. The summed E-state index contributed by atoms with van der Waals surface area (Å²) in [5, 5.41) is 11.2. The van der Waals surface area contributed by atoms with Gasteiger partial charge in [-0.15, -0.1) is 0 Å². The largest absolute Gasteiger partial charge is 0.494 e. The minimum Gasteiger partial charge on any atom is -0.494 e. The number of imide groups is 1. The first-order chi connectivity index (χ1) is 16.3. The number of ether oxygens (including phenoxy) is 3. The smallest absolute Gasteiger partial charge is 0.270 e. The van der Waals surface area contributed by atoms with Crippen LogP contribution < -0.4 is 9.64 Å². The zero-order chi connectivity index (χ0) is 24.8. The Balaban J connectivity index is 1.93. The number of amides is 3. The monoisotopic (exact) mass is 471 g/mol. The van der Waals surface area contributed by atoms with E-state index in [-0.39, 0.29) is 24.2 Å². The third-order valence-corrected chi connectivity index (χ3v) is 5.34. The number of carbonyl (C=O) groups excluding carboxylic acids is 3. The molecule has 0 aliphatic carbocycles. The fraction of sp³-hybridized carbons (Fsp3) is 0.348. The van der Waals surface area contributed by atoms with Gasteiger partial charge in [-0.3, -0.25) is 24.5 Å². The molecule has 0 radical (unpaired) electrons. The predicted octanol–water partition coefficient (Wildman–Crippen LogP) is 2.39. The quantitative estimate of drug-likeness (QED) is 0.224. The highest BCUT2D eigenvalue weighted by Crippen LogP contribution is 2.29. The van der Waals surface area contributed by atoms with E-state index in [9.17, 15) is 24.5 Å². The maximum atomic E-state index is 13.4. The van der Waals surface area contributed by atoms with Crippen molar-refractivity contribution in [1.82, 2.24) is 4.90 Å². The van der Waals surface area contributed by atoms with E-state index in [0.717, 1.165) is 15.9 Å². The molecular weight excluding hydrogens is 446 g/mol. The van der Waals surface area contributed by atoms with Gasteiger partial charge in [0.1, 0.15) is 11.8 Å². The number of nitrogens with zero attached hydrogens (tertiary/aromatic N) is 3. The van der Waals surface area contributed by atoms with Crippen molar-refractivity contribution in [3.05, 3.63) is 64.2 Å². The molecule has 1 aliphatic rings. The number of hydrogen-bond donors (Lipinski definition) is 0. The molecule has 11 heteroatoms. The van der Waals surface area contributed by atoms with Crippen molar-refractivity contribution >= 4 is 29.1 Å². The molecule has 1 saturated heterocycles. The Morgan fingerprint density at radius 2 is 1.85 bits per heavy atom. The molecule has 0 saturated carbocycles. The Bertz CT molecular complexity index is 1070. The molecule has 1 unspecified atom stereocenters. The topological polar surface area (TPSA) is 129 Å². The van der Waals surface area contributed by atoms with Crippen LogP contribution >= 0.6 is 0 Å². The predicted molar refractivity (Wildman–Crippen MR) is 120 cm³/mol. The second-order valence-electron chi connectivity index (χ2n) is 7.38. The molecule has 2 aromatic rings. The normalized spacial score (nSPS) is 15.6. The summed E-state index contributed by atoms with van der Waals surface area (Å²) in [5.41, 5.74) is 0.0735. The van der Waals surface area contributed by atoms with E-state index in [1.54, 1.807) is 24.3 Å². The van der Waals surface area contributed by atoms with Crippen LogP contribution in [-0.4, -0.2) is 67.2 Å². The van der Waals surface area contributed by atoms with E-state index in [0.29, 0.717) is 18.0 Å². The number of hydrogen-bond acceptors (Lipinski definition) is 8. The molecule has 1 aliphatic heterocycles. The van der Waals surface area contributed by atoms with Gasteiger partial charge >= 0.3 is 0 Å². The lowest BCUT2D eigenvalue weighted by molar-refractivity contribution is -0.384. The van der Waals surface area contributed by atoms with Crippen LogP contribution in [0.3, 0.4) is 0 Å². The van der Waals surface area contributed by atoms with Crippen LogP contribution in [0.1, 0.15) is 23.7 Å². The fourth-order valence-electron chi connectivity index (χ4n) is 3.66. The molecule has 1 heterocycles. The number of nitro benzene ring substituents is 1. The molecule has 11 nitrogen and oxygen atoms in total. The van der Waals surface area contributed by atoms with Crippen LogP contribution in [-0.2, 0) is 19.1 Å². The standard InChI is InChI=1S/C23H25N3O8/c1-4-34-18-10-8-16(9-11-18)25-20(27)13-19(23(25)29)24(14-21(32-2)33-3)22(28)15-6-5-7-17(12-15)26(30)31/h5-12,19,21H,4,13-14H2,1-3H3. The number of rotatable bonds is 10. The molecule has 180 valence electrons. The van der Waals surface area contributed by atoms with E-state index in [1.165, 1.54) is 32.4 Å². The van der Waals surface area contributed by atoms with E-state index < -0.39 is 35.0 Å². The first kappa shape index (κ1) is 24.8. The van der Waals surface area contributed by atoms with Crippen molar-refractivity contribution in [2.24, 2.45) is 0 Å². The number of benzene rings is 2. The molecule has 1 atom stereocenters. The molecule has 3 amide bonds. The molecule has 1 fully saturated rings. The lowest BCUT2D eigenvalue weighted by atomic mass is 10.1. The first-order valence-corrected chi connectivity index (χ1v) is 10.5. The summed E-state index contributed by atoms with van der Waals surface area (Å²) in [6.07, 6.45) is -1.14. The van der Waals surface area contributed by atoms with Crippen LogP contribution in [0, 0.1) is 10.1 Å². The van der Waals surface area contributed by atoms with E-state index in [1.807, 2.05) is 6.92 Å². The van der Waals surface area contributed by atoms with Crippen LogP contribution in [0.15, 0.2) is 48.5 Å². The highest BCUT2D eigenvalue weighted by molar-refractivity contribution is 6.23. The Morgan fingerprint density at radius 3 is 2.44 bits per heavy atom. The van der Waals surface area contributed by atoms with Crippen LogP contribution in [0.25, 0.3) is 0 Å². The summed E-state index contributed by atoms with van der Waals surface area (Å²) >= 11 is 0. The SMILES string of the molecule is CCOc1ccc(N2C(=O)CC(N(CC(OC)OC)C(=O)c3cccc([N+](=O)[O-])c3)C2=O)cc1. The Hall–Kier alpha value is -3.83. The number of anilines is 1. The molecule has 0 bridgehead atoms. The van der Waals surface area contributed by atoms with Gasteiger partial charge in [-0.1, -0.05) is 6.07 Å². The second-order valence-corrected chi connectivity index (χ2v) is 7.38. The number of methoxy groups -OCH3 is 2. The third-order valence-electron chi connectivity index (χ3n) is 5.34. The van der Waals surface area contributed by atoms with Crippen LogP contribution in [0.5, 0.6) is 5.75 Å². The highest BCUT2D eigenvalue weighted by Gasteiger charge is 2.45. The summed E-state index contributed by atoms with van der Waals surface area (Å²) in [6.45, 7) is 2.14. The number of nitro groups is 1. The van der Waals surface area contributed by atoms with Gasteiger partial charge in [0.05, 0.1) is 30.2 Å². The van der Waals surface area contributed by atoms with Crippen LogP contribution in [0.2, 0.25) is 0 Å². The first-order valence-electron chi connectivity index (χ1n) is 10.5. The molecule has 3 rings (SSSR count). The van der Waals surface area contributed by atoms with Gasteiger partial charge in [-0.25, -0.2) is 4.90 Å². The van der Waals surface area contributed by atoms with Gasteiger partial charge in [-0.2, -0.15) is 0 Å². The van der Waals surface area contributed by atoms with Crippen molar-refractivity contribution in [3.8, 4) is 5.75 Å². The van der Waals surface area contributed by atoms with Crippen molar-refractivity contribution < 1.29 is 33.5 Å². The van der Waals surface area contributed by atoms with Gasteiger partial charge in [0.25, 0.3) is 17.5 Å². The zero-order valence-corrected chi connectivity index (χ0v) is 19.0. The molecule has 34 heavy (non-hydrogen) atoms. The molecule has 0 spiro atoms. The Labute approximate surface area is 195 Å². The summed E-state index contributed by atoms with van der Waals surface area (Å²) in [4.78, 5) is 52.2. The van der Waals surface area contributed by atoms with Crippen molar-refractivity contribution in [2.75, 3.05) is 32.3 Å². The minimum atomic E-state index is -1.14. The van der Waals surface area contributed by atoms with Crippen molar-refractivity contribution in [2.45, 2.75) is 25.7 Å². The van der Waals surface area contributed by atoms with Gasteiger partial charge in [-0.05, 0) is 37.3 Å². The maximum Gasteiger partial charge on any atom is 0.270 e. The van der Waals surface area contributed by atoms with E-state index in [4.69, 9.17) is 14.2 Å². The fourth-order valence-corrected chi connectivity index (χ4v) is 3.66. The Morgan fingerprint density at radius 1 is 1.18 bits per heavy atom. The average molecular weight is 471 g/mol. The zero-order valence-electron chi connectivity index (χ0n) is 19.0. The van der Waals surface area contributed by atoms with E-state index >= 15 is 0 Å². The molecule has 0 aromatic heterocycles. The molecular formula is C23H25N3O8. The number of non-ortho nitro benzene ring substituents is 1. The maximum absolute atomic E-state index is 13.4. The van der Waals surface area contributed by atoms with Crippen molar-refractivity contribution in [1.29, 1.82) is 0 Å². The lowest BCUT2D eigenvalue weighted by Crippen LogP contribution is -2.49. The second kappa shape index (κ2) is 10.9. The molecule has 2 aromatic carbocycles. The third kappa shape index (κ3) is 5.21. The average Bonchev–Trinajstić information content (AvgIpc) is 3.14. The van der Waals surface area contributed by atoms with Gasteiger partial charge in [0, 0.05) is 31.9 Å². The van der Waals surface area contributed by atoms with Gasteiger partial charge in [0.15, 0.2) is 6.29 Å². The van der Waals surface area contributed by atoms with Crippen molar-refractivity contribution in [3.63, 3.8) is 0 Å². The highest BCUT2D eigenvalue weighted by atomic mass is 16.7. The summed E-state index contributed by atoms with van der Waals surface area (Å²) < 4.78 is 15.8.